The largest absolute Gasteiger partial charge is 0.464 e. The van der Waals surface area contributed by atoms with Crippen LogP contribution in [0.1, 0.15) is 41.3 Å². The maximum Gasteiger partial charge on any atom is 0.252 e. The molecule has 123 valence electrons. The molecule has 2 aromatic carbocycles. The fourth-order valence-corrected chi connectivity index (χ4v) is 3.09. The predicted molar refractivity (Wildman–Crippen MR) is 97.0 cm³/mol. The van der Waals surface area contributed by atoms with E-state index in [9.17, 15) is 4.79 Å². The second-order valence-corrected chi connectivity index (χ2v) is 6.40. The number of furan rings is 1. The molecule has 0 saturated heterocycles. The van der Waals surface area contributed by atoms with Crippen molar-refractivity contribution in [1.82, 2.24) is 5.32 Å². The van der Waals surface area contributed by atoms with Crippen LogP contribution in [0.15, 0.2) is 59.2 Å². The Morgan fingerprint density at radius 2 is 1.92 bits per heavy atom. The van der Waals surface area contributed by atoms with Crippen LogP contribution in [0.2, 0.25) is 0 Å². The molecule has 1 atom stereocenters. The molecule has 0 saturated carbocycles. The van der Waals surface area contributed by atoms with Crippen molar-refractivity contribution in [1.29, 1.82) is 0 Å². The molecule has 1 radical (unpaired) electrons. The van der Waals surface area contributed by atoms with Gasteiger partial charge in [-0.15, -0.1) is 0 Å². The molecule has 1 heterocycles. The Balaban J connectivity index is 1.79. The molecule has 0 aliphatic carbocycles. The zero-order valence-electron chi connectivity index (χ0n) is 14.1. The molecule has 0 fully saturated rings. The first-order valence-corrected chi connectivity index (χ1v) is 8.23. The van der Waals surface area contributed by atoms with Crippen molar-refractivity contribution in [2.24, 2.45) is 5.92 Å². The number of fused-ring (bicyclic) bond motifs is 1. The summed E-state index contributed by atoms with van der Waals surface area (Å²) in [5.74, 6) is 0.554. The minimum absolute atomic E-state index is 0.0748. The lowest BCUT2D eigenvalue weighted by atomic mass is 9.86. The fraction of sp³-hybridized carbons (Fsp3) is 0.238. The van der Waals surface area contributed by atoms with Gasteiger partial charge in [0, 0.05) is 17.8 Å². The van der Waals surface area contributed by atoms with E-state index in [1.807, 2.05) is 42.5 Å². The van der Waals surface area contributed by atoms with Crippen molar-refractivity contribution < 1.29 is 9.21 Å². The average Bonchev–Trinajstić information content (AvgIpc) is 3.04. The highest BCUT2D eigenvalue weighted by Crippen LogP contribution is 2.27. The predicted octanol–water partition coefficient (Wildman–Crippen LogP) is 4.78. The Bertz CT molecular complexity index is 848. The van der Waals surface area contributed by atoms with Gasteiger partial charge in [-0.1, -0.05) is 44.2 Å². The standard InChI is InChI=1S/C21H22NO2/c1-14(2)19(16-8-5-4-7-15(16)3)13-22-21(23)18-9-6-10-20-17(18)11-12-24-20/h4-12,14,19H,3,13H2,1-2H3,(H,22,23). The number of amides is 1. The molecule has 3 rings (SSSR count). The van der Waals surface area contributed by atoms with Gasteiger partial charge in [0.2, 0.25) is 0 Å². The van der Waals surface area contributed by atoms with E-state index in [1.165, 1.54) is 5.56 Å². The highest BCUT2D eigenvalue weighted by Gasteiger charge is 2.19. The van der Waals surface area contributed by atoms with Gasteiger partial charge in [-0.25, -0.2) is 0 Å². The highest BCUT2D eigenvalue weighted by atomic mass is 16.3. The summed E-state index contributed by atoms with van der Waals surface area (Å²) in [4.78, 5) is 12.6. The van der Waals surface area contributed by atoms with Crippen molar-refractivity contribution in [3.05, 3.63) is 78.4 Å². The normalized spacial score (nSPS) is 12.5. The van der Waals surface area contributed by atoms with Crippen molar-refractivity contribution in [2.45, 2.75) is 19.8 Å². The van der Waals surface area contributed by atoms with Gasteiger partial charge in [-0.05, 0) is 42.2 Å². The van der Waals surface area contributed by atoms with Crippen LogP contribution in [0.4, 0.5) is 0 Å². The topological polar surface area (TPSA) is 42.2 Å². The van der Waals surface area contributed by atoms with Gasteiger partial charge in [0.15, 0.2) is 0 Å². The number of hydrogen-bond acceptors (Lipinski definition) is 2. The zero-order chi connectivity index (χ0) is 17.1. The second-order valence-electron chi connectivity index (χ2n) is 6.40. The van der Waals surface area contributed by atoms with Crippen LogP contribution in [0.5, 0.6) is 0 Å². The molecule has 1 unspecified atom stereocenters. The van der Waals surface area contributed by atoms with E-state index in [4.69, 9.17) is 4.42 Å². The molecule has 24 heavy (non-hydrogen) atoms. The first-order valence-electron chi connectivity index (χ1n) is 8.23. The lowest BCUT2D eigenvalue weighted by Crippen LogP contribution is -2.30. The quantitative estimate of drug-likeness (QED) is 0.735. The van der Waals surface area contributed by atoms with Crippen LogP contribution in [-0.2, 0) is 0 Å². The minimum atomic E-state index is -0.0748. The molecule has 0 aliphatic heterocycles. The van der Waals surface area contributed by atoms with Gasteiger partial charge < -0.3 is 9.73 Å². The number of nitrogens with one attached hydrogen (secondary N) is 1. The number of hydrogen-bond donors (Lipinski definition) is 1. The summed E-state index contributed by atoms with van der Waals surface area (Å²) in [6.45, 7) is 9.03. The van der Waals surface area contributed by atoms with Gasteiger partial charge in [-0.3, -0.25) is 4.79 Å². The summed E-state index contributed by atoms with van der Waals surface area (Å²) in [5, 5.41) is 3.92. The van der Waals surface area contributed by atoms with E-state index in [0.29, 0.717) is 18.0 Å². The second kappa shape index (κ2) is 6.91. The maximum absolute atomic E-state index is 12.6. The Kier molecular flexibility index (Phi) is 4.70. The number of carbonyl (C=O) groups is 1. The van der Waals surface area contributed by atoms with Crippen molar-refractivity contribution in [3.63, 3.8) is 0 Å². The molecule has 3 aromatic rings. The number of rotatable bonds is 5. The van der Waals surface area contributed by atoms with E-state index >= 15 is 0 Å². The molecule has 0 aliphatic rings. The highest BCUT2D eigenvalue weighted by molar-refractivity contribution is 6.05. The third-order valence-electron chi connectivity index (χ3n) is 4.48. The van der Waals surface area contributed by atoms with Gasteiger partial charge >= 0.3 is 0 Å². The molecular weight excluding hydrogens is 298 g/mol. The maximum atomic E-state index is 12.6. The van der Waals surface area contributed by atoms with E-state index in [-0.39, 0.29) is 11.8 Å². The van der Waals surface area contributed by atoms with Crippen molar-refractivity contribution in [2.75, 3.05) is 6.54 Å². The SMILES string of the molecule is [CH2]c1ccccc1C(CNC(=O)c1cccc2occc12)C(C)C. The summed E-state index contributed by atoms with van der Waals surface area (Å²) < 4.78 is 5.37. The molecule has 1 N–H and O–H groups in total. The smallest absolute Gasteiger partial charge is 0.252 e. The minimum Gasteiger partial charge on any atom is -0.464 e. The van der Waals surface area contributed by atoms with Gasteiger partial charge in [0.05, 0.1) is 11.8 Å². The Morgan fingerprint density at radius 3 is 2.67 bits per heavy atom. The third-order valence-corrected chi connectivity index (χ3v) is 4.48. The van der Waals surface area contributed by atoms with Crippen LogP contribution in [-0.4, -0.2) is 12.5 Å². The molecular formula is C21H22NO2. The fourth-order valence-electron chi connectivity index (χ4n) is 3.09. The van der Waals surface area contributed by atoms with Crippen molar-refractivity contribution in [3.8, 4) is 0 Å². The Labute approximate surface area is 142 Å². The molecule has 3 heteroatoms. The summed E-state index contributed by atoms with van der Waals surface area (Å²) in [6, 6.07) is 15.5. The first kappa shape index (κ1) is 16.3. The van der Waals surface area contributed by atoms with Gasteiger partial charge in [-0.2, -0.15) is 0 Å². The van der Waals surface area contributed by atoms with Crippen molar-refractivity contribution >= 4 is 16.9 Å². The molecule has 1 amide bonds. The van der Waals surface area contributed by atoms with Gasteiger partial charge in [0.1, 0.15) is 5.58 Å². The molecule has 3 nitrogen and oxygen atoms in total. The van der Waals surface area contributed by atoms with E-state index in [0.717, 1.165) is 16.5 Å². The summed E-state index contributed by atoms with van der Waals surface area (Å²) in [7, 11) is 0. The first-order chi connectivity index (χ1) is 11.6. The zero-order valence-corrected chi connectivity index (χ0v) is 14.1. The Hall–Kier alpha value is -2.55. The van der Waals surface area contributed by atoms with E-state index < -0.39 is 0 Å². The van der Waals surface area contributed by atoms with Crippen LogP contribution < -0.4 is 5.32 Å². The summed E-state index contributed by atoms with van der Waals surface area (Å²) in [6.07, 6.45) is 1.61. The number of benzene rings is 2. The molecule has 1 aromatic heterocycles. The summed E-state index contributed by atoms with van der Waals surface area (Å²) in [5.41, 5.74) is 3.58. The van der Waals surface area contributed by atoms with Crippen LogP contribution in [0, 0.1) is 12.8 Å². The van der Waals surface area contributed by atoms with E-state index in [2.05, 4.69) is 32.2 Å². The van der Waals surface area contributed by atoms with E-state index in [1.54, 1.807) is 6.26 Å². The van der Waals surface area contributed by atoms with Gasteiger partial charge in [0.25, 0.3) is 5.91 Å². The average molecular weight is 320 g/mol. The molecule has 0 bridgehead atoms. The number of carbonyl (C=O) groups excluding carboxylic acids is 1. The Morgan fingerprint density at radius 1 is 1.12 bits per heavy atom. The molecule has 0 spiro atoms. The lowest BCUT2D eigenvalue weighted by molar-refractivity contribution is 0.0950. The van der Waals surface area contributed by atoms with Crippen LogP contribution in [0.25, 0.3) is 11.0 Å². The summed E-state index contributed by atoms with van der Waals surface area (Å²) >= 11 is 0. The van der Waals surface area contributed by atoms with Crippen LogP contribution >= 0.6 is 0 Å². The lowest BCUT2D eigenvalue weighted by Gasteiger charge is -2.23. The van der Waals surface area contributed by atoms with Crippen LogP contribution in [0.3, 0.4) is 0 Å². The monoisotopic (exact) mass is 320 g/mol. The third kappa shape index (κ3) is 3.21.